The van der Waals surface area contributed by atoms with Gasteiger partial charge in [-0.05, 0) is 41.6 Å². The highest BCUT2D eigenvalue weighted by molar-refractivity contribution is 14.1. The van der Waals surface area contributed by atoms with Gasteiger partial charge in [-0.15, -0.1) is 0 Å². The molecule has 0 bridgehead atoms. The van der Waals surface area contributed by atoms with E-state index in [1.807, 2.05) is 18.2 Å². The van der Waals surface area contributed by atoms with Gasteiger partial charge in [-0.3, -0.25) is 4.79 Å². The molecule has 1 atom stereocenters. The van der Waals surface area contributed by atoms with E-state index in [0.717, 1.165) is 3.57 Å². The summed E-state index contributed by atoms with van der Waals surface area (Å²) in [7, 11) is 0. The number of rotatable bonds is 3. The van der Waals surface area contributed by atoms with Gasteiger partial charge in [-0.2, -0.15) is 0 Å². The number of amides is 1. The minimum Gasteiger partial charge on any atom is -0.392 e. The molecule has 0 saturated carbocycles. The van der Waals surface area contributed by atoms with Gasteiger partial charge >= 0.3 is 0 Å². The highest BCUT2D eigenvalue weighted by Gasteiger charge is 2.13. The summed E-state index contributed by atoms with van der Waals surface area (Å²) in [6.07, 6.45) is 0. The number of nitrogens with two attached hydrogens (primary N) is 1. The molecule has 0 aliphatic heterocycles. The van der Waals surface area contributed by atoms with Gasteiger partial charge in [0.05, 0.1) is 16.6 Å². The first kappa shape index (κ1) is 12.4. The number of hydrogen-bond acceptors (Lipinski definition) is 2. The normalized spacial score (nSPS) is 11.9. The van der Waals surface area contributed by atoms with Gasteiger partial charge in [-0.1, -0.05) is 24.4 Å². The van der Waals surface area contributed by atoms with Crippen LogP contribution >= 0.6 is 34.8 Å². The van der Waals surface area contributed by atoms with Crippen LogP contribution in [0.15, 0.2) is 24.3 Å². The van der Waals surface area contributed by atoms with Crippen LogP contribution in [0.1, 0.15) is 17.3 Å². The lowest BCUT2D eigenvalue weighted by molar-refractivity contribution is 0.0948. The average Bonchev–Trinajstić information content (AvgIpc) is 2.18. The van der Waals surface area contributed by atoms with Crippen LogP contribution in [-0.2, 0) is 0 Å². The summed E-state index contributed by atoms with van der Waals surface area (Å²) in [5.41, 5.74) is 6.06. The Labute approximate surface area is 108 Å². The number of carbonyl (C=O) groups is 1. The van der Waals surface area contributed by atoms with Crippen molar-refractivity contribution in [1.82, 2.24) is 5.32 Å². The van der Waals surface area contributed by atoms with Crippen molar-refractivity contribution in [2.45, 2.75) is 13.0 Å². The van der Waals surface area contributed by atoms with E-state index in [4.69, 9.17) is 18.0 Å². The minimum atomic E-state index is -0.288. The lowest BCUT2D eigenvalue weighted by Gasteiger charge is -2.12. The molecule has 0 radical (unpaired) electrons. The number of thiocarbonyl (C=S) groups is 1. The van der Waals surface area contributed by atoms with Gasteiger partial charge in [-0.25, -0.2) is 0 Å². The summed E-state index contributed by atoms with van der Waals surface area (Å²) in [5.74, 6) is -0.152. The zero-order valence-corrected chi connectivity index (χ0v) is 11.1. The van der Waals surface area contributed by atoms with E-state index in [0.29, 0.717) is 5.56 Å². The van der Waals surface area contributed by atoms with E-state index in [1.54, 1.807) is 13.0 Å². The van der Waals surface area contributed by atoms with Gasteiger partial charge in [0, 0.05) is 3.57 Å². The number of halogens is 1. The molecule has 80 valence electrons. The molecular weight excluding hydrogens is 323 g/mol. The monoisotopic (exact) mass is 334 g/mol. The molecule has 1 amide bonds. The van der Waals surface area contributed by atoms with E-state index in [-0.39, 0.29) is 16.9 Å². The molecule has 0 heterocycles. The van der Waals surface area contributed by atoms with Gasteiger partial charge in [0.2, 0.25) is 0 Å². The van der Waals surface area contributed by atoms with Crippen molar-refractivity contribution in [3.63, 3.8) is 0 Å². The van der Waals surface area contributed by atoms with Gasteiger partial charge in [0.1, 0.15) is 0 Å². The van der Waals surface area contributed by atoms with Crippen LogP contribution in [0.2, 0.25) is 0 Å². The summed E-state index contributed by atoms with van der Waals surface area (Å²) in [6, 6.07) is 7.06. The Hall–Kier alpha value is -0.690. The fraction of sp³-hybridized carbons (Fsp3) is 0.200. The molecule has 1 rings (SSSR count). The van der Waals surface area contributed by atoms with E-state index < -0.39 is 0 Å². The first-order valence-corrected chi connectivity index (χ1v) is 5.85. The van der Waals surface area contributed by atoms with Crippen molar-refractivity contribution in [2.24, 2.45) is 5.73 Å². The Balaban J connectivity index is 2.78. The van der Waals surface area contributed by atoms with Crippen LogP contribution in [-0.4, -0.2) is 16.9 Å². The lowest BCUT2D eigenvalue weighted by atomic mass is 10.2. The van der Waals surface area contributed by atoms with Crippen LogP contribution in [0.3, 0.4) is 0 Å². The molecule has 3 nitrogen and oxygen atoms in total. The summed E-state index contributed by atoms with van der Waals surface area (Å²) in [5, 5.41) is 2.73. The minimum absolute atomic E-state index is 0.152. The first-order chi connectivity index (χ1) is 7.02. The molecule has 15 heavy (non-hydrogen) atoms. The second kappa shape index (κ2) is 5.41. The maximum atomic E-state index is 11.7. The number of carbonyl (C=O) groups excluding carboxylic acids is 1. The maximum absolute atomic E-state index is 11.7. The Morgan fingerprint density at radius 2 is 2.13 bits per heavy atom. The van der Waals surface area contributed by atoms with Crippen molar-refractivity contribution in [3.05, 3.63) is 33.4 Å². The SMILES string of the molecule is CC(NC(=O)c1ccccc1I)C(N)=S. The third-order valence-electron chi connectivity index (χ3n) is 1.89. The molecule has 0 aliphatic carbocycles. The second-order valence-electron chi connectivity index (χ2n) is 3.08. The molecule has 3 N–H and O–H groups in total. The van der Waals surface area contributed by atoms with Crippen LogP contribution in [0.5, 0.6) is 0 Å². The Morgan fingerprint density at radius 3 is 2.67 bits per heavy atom. The summed E-state index contributed by atoms with van der Waals surface area (Å²) in [4.78, 5) is 12.0. The smallest absolute Gasteiger partial charge is 0.252 e. The van der Waals surface area contributed by atoms with Crippen LogP contribution in [0.4, 0.5) is 0 Å². The fourth-order valence-corrected chi connectivity index (χ4v) is 1.68. The quantitative estimate of drug-likeness (QED) is 0.653. The Morgan fingerprint density at radius 1 is 1.53 bits per heavy atom. The predicted octanol–water partition coefficient (Wildman–Crippen LogP) is 1.70. The van der Waals surface area contributed by atoms with Crippen LogP contribution < -0.4 is 11.1 Å². The third-order valence-corrected chi connectivity index (χ3v) is 3.19. The highest BCUT2D eigenvalue weighted by Crippen LogP contribution is 2.11. The Bertz CT molecular complexity index is 395. The lowest BCUT2D eigenvalue weighted by Crippen LogP contribution is -2.41. The van der Waals surface area contributed by atoms with Crippen LogP contribution in [0.25, 0.3) is 0 Å². The van der Waals surface area contributed by atoms with Gasteiger partial charge in [0.15, 0.2) is 0 Å². The van der Waals surface area contributed by atoms with Crippen molar-refractivity contribution < 1.29 is 4.79 Å². The van der Waals surface area contributed by atoms with Crippen molar-refractivity contribution in [2.75, 3.05) is 0 Å². The number of nitrogens with one attached hydrogen (secondary N) is 1. The van der Waals surface area contributed by atoms with Crippen molar-refractivity contribution in [3.8, 4) is 0 Å². The summed E-state index contributed by atoms with van der Waals surface area (Å²) >= 11 is 6.90. The van der Waals surface area contributed by atoms with Crippen molar-refractivity contribution >= 4 is 45.7 Å². The molecule has 0 spiro atoms. The Kier molecular flexibility index (Phi) is 4.46. The summed E-state index contributed by atoms with van der Waals surface area (Å²) < 4.78 is 0.905. The van der Waals surface area contributed by atoms with Crippen LogP contribution in [0, 0.1) is 3.57 Å². The topological polar surface area (TPSA) is 55.1 Å². The molecule has 5 heteroatoms. The molecule has 0 aliphatic rings. The average molecular weight is 334 g/mol. The highest BCUT2D eigenvalue weighted by atomic mass is 127. The molecule has 1 aromatic carbocycles. The zero-order valence-electron chi connectivity index (χ0n) is 8.16. The van der Waals surface area contributed by atoms with E-state index >= 15 is 0 Å². The predicted molar refractivity (Wildman–Crippen MR) is 72.9 cm³/mol. The number of hydrogen-bond donors (Lipinski definition) is 2. The first-order valence-electron chi connectivity index (χ1n) is 4.37. The fourth-order valence-electron chi connectivity index (χ4n) is 0.991. The van der Waals surface area contributed by atoms with E-state index in [1.165, 1.54) is 0 Å². The standard InChI is InChI=1S/C10H11IN2OS/c1-6(9(12)15)13-10(14)7-4-2-3-5-8(7)11/h2-6H,1H3,(H2,12,15)(H,13,14). The zero-order chi connectivity index (χ0) is 11.4. The number of benzene rings is 1. The largest absolute Gasteiger partial charge is 0.392 e. The van der Waals surface area contributed by atoms with Gasteiger partial charge < -0.3 is 11.1 Å². The van der Waals surface area contributed by atoms with E-state index in [2.05, 4.69) is 27.9 Å². The molecule has 0 saturated heterocycles. The molecule has 1 aromatic rings. The molecule has 1 unspecified atom stereocenters. The molecular formula is C10H11IN2OS. The maximum Gasteiger partial charge on any atom is 0.252 e. The van der Waals surface area contributed by atoms with Crippen molar-refractivity contribution in [1.29, 1.82) is 0 Å². The second-order valence-corrected chi connectivity index (χ2v) is 4.71. The molecule has 0 aromatic heterocycles. The van der Waals surface area contributed by atoms with Gasteiger partial charge in [0.25, 0.3) is 5.91 Å². The molecule has 0 fully saturated rings. The third kappa shape index (κ3) is 3.42. The summed E-state index contributed by atoms with van der Waals surface area (Å²) in [6.45, 7) is 1.76. The van der Waals surface area contributed by atoms with E-state index in [9.17, 15) is 4.79 Å².